The molecule has 0 aliphatic rings. The summed E-state index contributed by atoms with van der Waals surface area (Å²) in [6.07, 6.45) is 1.63. The minimum atomic E-state index is -0.102. The highest BCUT2D eigenvalue weighted by atomic mass is 79.9. The molecule has 0 spiro atoms. The van der Waals surface area contributed by atoms with Crippen molar-refractivity contribution in [3.05, 3.63) is 50.2 Å². The van der Waals surface area contributed by atoms with Gasteiger partial charge < -0.3 is 5.32 Å². The zero-order chi connectivity index (χ0) is 13.3. The Kier molecular flexibility index (Phi) is 4.33. The second-order valence-corrected chi connectivity index (χ2v) is 5.51. The van der Waals surface area contributed by atoms with Crippen LogP contribution in [0.5, 0.6) is 0 Å². The number of aromatic nitrogens is 2. The van der Waals surface area contributed by atoms with Gasteiger partial charge in [-0.15, -0.1) is 0 Å². The number of rotatable bonds is 3. The number of aryl methyl sites for hydroxylation is 1. The Labute approximate surface area is 124 Å². The van der Waals surface area contributed by atoms with Crippen molar-refractivity contribution in [3.8, 4) is 0 Å². The van der Waals surface area contributed by atoms with Crippen LogP contribution in [-0.4, -0.2) is 16.8 Å². The minimum absolute atomic E-state index is 0.102. The average Bonchev–Trinajstić information content (AvgIpc) is 2.67. The molecule has 1 N–H and O–H groups in total. The van der Waals surface area contributed by atoms with Gasteiger partial charge in [0.2, 0.25) is 0 Å². The van der Waals surface area contributed by atoms with Crippen LogP contribution >= 0.6 is 39.1 Å². The van der Waals surface area contributed by atoms with Gasteiger partial charge in [-0.2, -0.15) is 5.10 Å². The SMILES string of the molecule is CNC(c1cccc(Br)c1Cl)c1c(Cl)cnn1C. The van der Waals surface area contributed by atoms with Gasteiger partial charge in [0.1, 0.15) is 0 Å². The van der Waals surface area contributed by atoms with E-state index in [1.165, 1.54) is 0 Å². The predicted molar refractivity (Wildman–Crippen MR) is 78.3 cm³/mol. The molecule has 0 aliphatic heterocycles. The highest BCUT2D eigenvalue weighted by Crippen LogP contribution is 2.35. The van der Waals surface area contributed by atoms with Crippen molar-refractivity contribution in [2.45, 2.75) is 6.04 Å². The number of hydrogen-bond donors (Lipinski definition) is 1. The maximum absolute atomic E-state index is 6.33. The molecule has 1 unspecified atom stereocenters. The Balaban J connectivity index is 2.56. The first-order valence-electron chi connectivity index (χ1n) is 5.34. The third kappa shape index (κ3) is 2.43. The van der Waals surface area contributed by atoms with Crippen molar-refractivity contribution in [1.82, 2.24) is 15.1 Å². The Morgan fingerprint density at radius 3 is 2.67 bits per heavy atom. The van der Waals surface area contributed by atoms with Crippen LogP contribution in [0.3, 0.4) is 0 Å². The summed E-state index contributed by atoms with van der Waals surface area (Å²) in [5.74, 6) is 0. The van der Waals surface area contributed by atoms with Crippen molar-refractivity contribution >= 4 is 39.1 Å². The van der Waals surface area contributed by atoms with Gasteiger partial charge in [-0.3, -0.25) is 4.68 Å². The van der Waals surface area contributed by atoms with E-state index in [0.29, 0.717) is 10.0 Å². The van der Waals surface area contributed by atoms with Gasteiger partial charge in [-0.05, 0) is 34.6 Å². The molecule has 0 radical (unpaired) electrons. The molecule has 0 aliphatic carbocycles. The summed E-state index contributed by atoms with van der Waals surface area (Å²) in [4.78, 5) is 0. The van der Waals surface area contributed by atoms with E-state index in [1.54, 1.807) is 10.9 Å². The Bertz CT molecular complexity index is 549. The molecule has 0 saturated heterocycles. The smallest absolute Gasteiger partial charge is 0.0837 e. The zero-order valence-electron chi connectivity index (χ0n) is 9.92. The Hall–Kier alpha value is -0.550. The van der Waals surface area contributed by atoms with Gasteiger partial charge in [0.05, 0.1) is 28.0 Å². The summed E-state index contributed by atoms with van der Waals surface area (Å²) in [6.45, 7) is 0. The van der Waals surface area contributed by atoms with Crippen LogP contribution in [-0.2, 0) is 7.05 Å². The Morgan fingerprint density at radius 2 is 2.11 bits per heavy atom. The third-order valence-corrected chi connectivity index (χ3v) is 4.39. The van der Waals surface area contributed by atoms with Crippen LogP contribution in [0.2, 0.25) is 10.0 Å². The molecule has 18 heavy (non-hydrogen) atoms. The monoisotopic (exact) mass is 347 g/mol. The van der Waals surface area contributed by atoms with Crippen LogP contribution in [0.4, 0.5) is 0 Å². The fraction of sp³-hybridized carbons (Fsp3) is 0.250. The third-order valence-electron chi connectivity index (χ3n) is 2.79. The normalized spacial score (nSPS) is 12.7. The lowest BCUT2D eigenvalue weighted by Gasteiger charge is -2.19. The molecule has 0 bridgehead atoms. The molecule has 0 fully saturated rings. The van der Waals surface area contributed by atoms with Crippen molar-refractivity contribution in [2.75, 3.05) is 7.05 Å². The molecular weight excluding hydrogens is 337 g/mol. The number of hydrogen-bond acceptors (Lipinski definition) is 2. The highest BCUT2D eigenvalue weighted by molar-refractivity contribution is 9.10. The van der Waals surface area contributed by atoms with Crippen LogP contribution in [0, 0.1) is 0 Å². The second-order valence-electron chi connectivity index (χ2n) is 3.87. The van der Waals surface area contributed by atoms with Crippen LogP contribution in [0.25, 0.3) is 0 Å². The predicted octanol–water partition coefficient (Wildman–Crippen LogP) is 3.80. The van der Waals surface area contributed by atoms with Gasteiger partial charge in [0.25, 0.3) is 0 Å². The number of benzene rings is 1. The Morgan fingerprint density at radius 1 is 1.39 bits per heavy atom. The van der Waals surface area contributed by atoms with Gasteiger partial charge in [0.15, 0.2) is 0 Å². The van der Waals surface area contributed by atoms with Gasteiger partial charge in [0, 0.05) is 11.5 Å². The fourth-order valence-electron chi connectivity index (χ4n) is 1.93. The average molecular weight is 349 g/mol. The molecule has 2 aromatic rings. The van der Waals surface area contributed by atoms with Gasteiger partial charge in [-0.25, -0.2) is 0 Å². The topological polar surface area (TPSA) is 29.9 Å². The first-order valence-corrected chi connectivity index (χ1v) is 6.89. The number of nitrogens with one attached hydrogen (secondary N) is 1. The van der Waals surface area contributed by atoms with E-state index < -0.39 is 0 Å². The van der Waals surface area contributed by atoms with E-state index in [0.717, 1.165) is 15.7 Å². The first kappa shape index (κ1) is 13.9. The lowest BCUT2D eigenvalue weighted by Crippen LogP contribution is -2.21. The molecule has 1 aromatic heterocycles. The van der Waals surface area contributed by atoms with E-state index in [9.17, 15) is 0 Å². The quantitative estimate of drug-likeness (QED) is 0.914. The van der Waals surface area contributed by atoms with Gasteiger partial charge >= 0.3 is 0 Å². The van der Waals surface area contributed by atoms with E-state index in [2.05, 4.69) is 26.3 Å². The van der Waals surface area contributed by atoms with Crippen LogP contribution in [0.1, 0.15) is 17.3 Å². The lowest BCUT2D eigenvalue weighted by molar-refractivity contribution is 0.606. The summed E-state index contributed by atoms with van der Waals surface area (Å²) >= 11 is 15.9. The standard InChI is InChI=1S/C12H12BrCl2N3/c1-16-11(12-9(14)6-17-18(12)2)7-4-3-5-8(13)10(7)15/h3-6,11,16H,1-2H3. The molecule has 96 valence electrons. The van der Waals surface area contributed by atoms with E-state index in [4.69, 9.17) is 23.2 Å². The second kappa shape index (κ2) is 5.61. The molecule has 6 heteroatoms. The maximum Gasteiger partial charge on any atom is 0.0837 e. The molecule has 0 amide bonds. The van der Waals surface area contributed by atoms with Crippen molar-refractivity contribution in [2.24, 2.45) is 7.05 Å². The first-order chi connectivity index (χ1) is 8.56. The highest BCUT2D eigenvalue weighted by Gasteiger charge is 2.22. The molecular formula is C12H12BrCl2N3. The lowest BCUT2D eigenvalue weighted by atomic mass is 10.0. The molecule has 1 heterocycles. The molecule has 0 saturated carbocycles. The summed E-state index contributed by atoms with van der Waals surface area (Å²) < 4.78 is 2.61. The molecule has 3 nitrogen and oxygen atoms in total. The van der Waals surface area contributed by atoms with Crippen molar-refractivity contribution in [3.63, 3.8) is 0 Å². The number of nitrogens with zero attached hydrogens (tertiary/aromatic N) is 2. The van der Waals surface area contributed by atoms with Gasteiger partial charge in [-0.1, -0.05) is 35.3 Å². The molecule has 2 rings (SSSR count). The van der Waals surface area contributed by atoms with E-state index in [1.807, 2.05) is 32.3 Å². The summed E-state index contributed by atoms with van der Waals surface area (Å²) in [5, 5.41) is 8.67. The molecule has 1 atom stereocenters. The van der Waals surface area contributed by atoms with E-state index >= 15 is 0 Å². The minimum Gasteiger partial charge on any atom is -0.308 e. The largest absolute Gasteiger partial charge is 0.308 e. The summed E-state index contributed by atoms with van der Waals surface area (Å²) in [5.41, 5.74) is 1.85. The summed E-state index contributed by atoms with van der Waals surface area (Å²) in [7, 11) is 3.72. The van der Waals surface area contributed by atoms with E-state index in [-0.39, 0.29) is 6.04 Å². The summed E-state index contributed by atoms with van der Waals surface area (Å²) in [6, 6.07) is 5.72. The van der Waals surface area contributed by atoms with Crippen molar-refractivity contribution in [1.29, 1.82) is 0 Å². The van der Waals surface area contributed by atoms with Crippen LogP contribution in [0.15, 0.2) is 28.9 Å². The maximum atomic E-state index is 6.33. The number of halogens is 3. The zero-order valence-corrected chi connectivity index (χ0v) is 13.0. The fourth-order valence-corrected chi connectivity index (χ4v) is 2.82. The van der Waals surface area contributed by atoms with Crippen LogP contribution < -0.4 is 5.32 Å². The van der Waals surface area contributed by atoms with Crippen molar-refractivity contribution < 1.29 is 0 Å². The molecule has 1 aromatic carbocycles.